The molecule has 0 bridgehead atoms. The lowest BCUT2D eigenvalue weighted by atomic mass is 10.2. The van der Waals surface area contributed by atoms with Crippen LogP contribution in [0.2, 0.25) is 0 Å². The Hall–Kier alpha value is -2.31. The predicted molar refractivity (Wildman–Crippen MR) is 70.4 cm³/mol. The highest BCUT2D eigenvalue weighted by Crippen LogP contribution is 2.11. The molecule has 0 heterocycles. The van der Waals surface area contributed by atoms with Gasteiger partial charge in [0.25, 0.3) is 0 Å². The predicted octanol–water partition coefficient (Wildman–Crippen LogP) is 2.94. The van der Waals surface area contributed by atoms with Crippen LogP contribution in [0.4, 0.5) is 14.5 Å². The van der Waals surface area contributed by atoms with Gasteiger partial charge >= 0.3 is 12.6 Å². The zero-order chi connectivity index (χ0) is 15.0. The Balaban J connectivity index is 3.00. The topological polar surface area (TPSA) is 60.2 Å². The quantitative estimate of drug-likeness (QED) is 0.458. The van der Waals surface area contributed by atoms with Crippen LogP contribution in [0.1, 0.15) is 13.8 Å². The SMILES string of the molecule is CCOC(=O)C(=N/OC(F)F)/C(C)=N/c1ccccc1. The third-order valence-electron chi connectivity index (χ3n) is 2.09. The molecule has 20 heavy (non-hydrogen) atoms. The summed E-state index contributed by atoms with van der Waals surface area (Å²) in [6.45, 7) is 0.0135. The molecule has 0 spiro atoms. The fourth-order valence-corrected chi connectivity index (χ4v) is 1.29. The lowest BCUT2D eigenvalue weighted by Gasteiger charge is -2.05. The Labute approximate surface area is 114 Å². The molecule has 0 N–H and O–H groups in total. The van der Waals surface area contributed by atoms with Gasteiger partial charge in [-0.2, -0.15) is 8.78 Å². The third-order valence-corrected chi connectivity index (χ3v) is 2.09. The molecule has 0 radical (unpaired) electrons. The number of nitrogens with zero attached hydrogens (tertiary/aromatic N) is 2. The monoisotopic (exact) mass is 284 g/mol. The van der Waals surface area contributed by atoms with Crippen molar-refractivity contribution in [2.45, 2.75) is 20.5 Å². The van der Waals surface area contributed by atoms with Gasteiger partial charge in [0.15, 0.2) is 0 Å². The summed E-state index contributed by atoms with van der Waals surface area (Å²) in [4.78, 5) is 19.5. The van der Waals surface area contributed by atoms with Crippen LogP contribution in [-0.4, -0.2) is 30.6 Å². The smallest absolute Gasteiger partial charge is 0.407 e. The number of carbonyl (C=O) groups is 1. The van der Waals surface area contributed by atoms with E-state index in [1.807, 2.05) is 0 Å². The summed E-state index contributed by atoms with van der Waals surface area (Å²) in [5.74, 6) is -0.870. The first kappa shape index (κ1) is 15.7. The van der Waals surface area contributed by atoms with Crippen molar-refractivity contribution in [3.8, 4) is 0 Å². The van der Waals surface area contributed by atoms with E-state index in [4.69, 9.17) is 4.74 Å². The molecule has 0 saturated carbocycles. The first-order valence-corrected chi connectivity index (χ1v) is 5.84. The van der Waals surface area contributed by atoms with Crippen LogP contribution in [0.15, 0.2) is 40.5 Å². The molecular formula is C13H14F2N2O3. The van der Waals surface area contributed by atoms with Gasteiger partial charge < -0.3 is 9.57 Å². The highest BCUT2D eigenvalue weighted by Gasteiger charge is 2.18. The molecule has 5 nitrogen and oxygen atoms in total. The van der Waals surface area contributed by atoms with Crippen molar-refractivity contribution in [3.63, 3.8) is 0 Å². The molecule has 0 aromatic heterocycles. The number of halogens is 2. The lowest BCUT2D eigenvalue weighted by Crippen LogP contribution is -2.25. The molecule has 0 aliphatic rings. The lowest BCUT2D eigenvalue weighted by molar-refractivity contribution is -0.138. The summed E-state index contributed by atoms with van der Waals surface area (Å²) in [5.41, 5.74) is 0.283. The number of hydrogen-bond donors (Lipinski definition) is 0. The first-order valence-electron chi connectivity index (χ1n) is 5.84. The summed E-state index contributed by atoms with van der Waals surface area (Å²) >= 11 is 0. The van der Waals surface area contributed by atoms with Gasteiger partial charge in [-0.1, -0.05) is 23.4 Å². The molecule has 1 aromatic carbocycles. The van der Waals surface area contributed by atoms with Gasteiger partial charge in [0.1, 0.15) is 0 Å². The Bertz CT molecular complexity index is 502. The molecule has 0 aliphatic carbocycles. The van der Waals surface area contributed by atoms with E-state index in [9.17, 15) is 13.6 Å². The fraction of sp³-hybridized carbons (Fsp3) is 0.308. The molecule has 1 aromatic rings. The Morgan fingerprint density at radius 3 is 2.50 bits per heavy atom. The van der Waals surface area contributed by atoms with Crippen molar-refractivity contribution in [2.75, 3.05) is 6.61 Å². The van der Waals surface area contributed by atoms with E-state index in [-0.39, 0.29) is 12.3 Å². The van der Waals surface area contributed by atoms with Crippen LogP contribution in [0.5, 0.6) is 0 Å². The van der Waals surface area contributed by atoms with Gasteiger partial charge in [-0.3, -0.25) is 4.99 Å². The maximum absolute atomic E-state index is 12.0. The van der Waals surface area contributed by atoms with Crippen molar-refractivity contribution in [1.29, 1.82) is 0 Å². The van der Waals surface area contributed by atoms with Gasteiger partial charge in [0.05, 0.1) is 18.0 Å². The standard InChI is InChI=1S/C13H14F2N2O3/c1-3-19-12(18)11(17-20-13(14)15)9(2)16-10-7-5-4-6-8-10/h4-8,13H,3H2,1-2H3/b16-9+,17-11+. The number of hydrogen-bond acceptors (Lipinski definition) is 5. The summed E-state index contributed by atoms with van der Waals surface area (Å²) in [5, 5.41) is 3.10. The van der Waals surface area contributed by atoms with Crippen LogP contribution in [0.3, 0.4) is 0 Å². The van der Waals surface area contributed by atoms with E-state index in [0.717, 1.165) is 0 Å². The van der Waals surface area contributed by atoms with Gasteiger partial charge in [0, 0.05) is 0 Å². The van der Waals surface area contributed by atoms with Gasteiger partial charge in [0.2, 0.25) is 5.71 Å². The normalized spacial score (nSPS) is 12.4. The molecule has 0 fully saturated rings. The maximum atomic E-state index is 12.0. The minimum Gasteiger partial charge on any atom is -0.461 e. The minimum absolute atomic E-state index is 0.0884. The summed E-state index contributed by atoms with van der Waals surface area (Å²) in [6.07, 6.45) is 0. The second kappa shape index (κ2) is 7.98. The van der Waals surface area contributed by atoms with E-state index >= 15 is 0 Å². The van der Waals surface area contributed by atoms with Crippen molar-refractivity contribution in [3.05, 3.63) is 30.3 Å². The van der Waals surface area contributed by atoms with E-state index in [2.05, 4.69) is 15.0 Å². The minimum atomic E-state index is -3.12. The fourth-order valence-electron chi connectivity index (χ4n) is 1.29. The highest BCUT2D eigenvalue weighted by molar-refractivity contribution is 6.65. The molecule has 7 heteroatoms. The van der Waals surface area contributed by atoms with Gasteiger partial charge in [-0.25, -0.2) is 4.79 Å². The number of oxime groups is 1. The number of para-hydroxylation sites is 1. The molecular weight excluding hydrogens is 270 g/mol. The van der Waals surface area contributed by atoms with Crippen LogP contribution in [0.25, 0.3) is 0 Å². The average molecular weight is 284 g/mol. The zero-order valence-corrected chi connectivity index (χ0v) is 11.0. The van der Waals surface area contributed by atoms with E-state index in [1.165, 1.54) is 6.92 Å². The summed E-state index contributed by atoms with van der Waals surface area (Å²) in [6, 6.07) is 8.70. The maximum Gasteiger partial charge on any atom is 0.407 e. The molecule has 0 aliphatic heterocycles. The number of ether oxygens (including phenoxy) is 1. The van der Waals surface area contributed by atoms with E-state index < -0.39 is 18.3 Å². The summed E-state index contributed by atoms with van der Waals surface area (Å²) in [7, 11) is 0. The number of esters is 1. The number of aliphatic imine (C=N–C) groups is 1. The van der Waals surface area contributed by atoms with Gasteiger partial charge in [-0.05, 0) is 26.0 Å². The second-order valence-electron chi connectivity index (χ2n) is 3.56. The van der Waals surface area contributed by atoms with E-state index in [1.54, 1.807) is 37.3 Å². The highest BCUT2D eigenvalue weighted by atomic mass is 19.3. The molecule has 0 atom stereocenters. The third kappa shape index (κ3) is 5.13. The number of alkyl halides is 2. The molecule has 0 unspecified atom stereocenters. The number of rotatable bonds is 6. The zero-order valence-electron chi connectivity index (χ0n) is 11.0. The van der Waals surface area contributed by atoms with Crippen LogP contribution < -0.4 is 0 Å². The average Bonchev–Trinajstić information content (AvgIpc) is 2.40. The first-order chi connectivity index (χ1) is 9.54. The van der Waals surface area contributed by atoms with Gasteiger partial charge in [-0.15, -0.1) is 0 Å². The molecule has 0 saturated heterocycles. The van der Waals surface area contributed by atoms with Crippen LogP contribution in [-0.2, 0) is 14.4 Å². The molecule has 1 rings (SSSR count). The van der Waals surface area contributed by atoms with Crippen molar-refractivity contribution in [2.24, 2.45) is 10.1 Å². The van der Waals surface area contributed by atoms with Crippen LogP contribution >= 0.6 is 0 Å². The Morgan fingerprint density at radius 1 is 1.30 bits per heavy atom. The van der Waals surface area contributed by atoms with E-state index in [0.29, 0.717) is 5.69 Å². The summed E-state index contributed by atoms with van der Waals surface area (Å²) < 4.78 is 28.7. The largest absolute Gasteiger partial charge is 0.461 e. The van der Waals surface area contributed by atoms with Crippen molar-refractivity contribution in [1.82, 2.24) is 0 Å². The van der Waals surface area contributed by atoms with Crippen LogP contribution in [0, 0.1) is 0 Å². The Morgan fingerprint density at radius 2 is 1.95 bits per heavy atom. The van der Waals surface area contributed by atoms with Crippen molar-refractivity contribution < 1.29 is 23.1 Å². The number of benzene rings is 1. The Kier molecular flexibility index (Phi) is 6.28. The number of carbonyl (C=O) groups excluding carboxylic acids is 1. The second-order valence-corrected chi connectivity index (χ2v) is 3.56. The molecule has 0 amide bonds. The van der Waals surface area contributed by atoms with Crippen molar-refractivity contribution >= 4 is 23.1 Å². The molecule has 108 valence electrons.